The summed E-state index contributed by atoms with van der Waals surface area (Å²) < 4.78 is 0. The molecule has 0 aliphatic carbocycles. The Morgan fingerprint density at radius 2 is 1.00 bits per heavy atom. The standard InChI is InChI=1S/C26H24N2O2/c1-3-5-17-27-23(19-13-9-7-10-14-19)21-22(25(27)29)24(20-15-11-8-12-16-20)28(26(21)30)18-6-4-2/h3-4,7-16H,1-2,5-6,17-18H2. The van der Waals surface area contributed by atoms with Gasteiger partial charge in [0.15, 0.2) is 0 Å². The summed E-state index contributed by atoms with van der Waals surface area (Å²) >= 11 is 0. The summed E-state index contributed by atoms with van der Waals surface area (Å²) in [7, 11) is 0. The van der Waals surface area contributed by atoms with Crippen LogP contribution in [0.15, 0.2) is 97.1 Å². The zero-order chi connectivity index (χ0) is 21.1. The van der Waals surface area contributed by atoms with Crippen LogP contribution in [0.2, 0.25) is 0 Å². The molecule has 0 radical (unpaired) electrons. The highest BCUT2D eigenvalue weighted by atomic mass is 16.2. The van der Waals surface area contributed by atoms with Crippen LogP contribution in [0.5, 0.6) is 0 Å². The predicted molar refractivity (Wildman–Crippen MR) is 120 cm³/mol. The molecule has 0 atom stereocenters. The Kier molecular flexibility index (Phi) is 5.48. The lowest BCUT2D eigenvalue weighted by molar-refractivity contribution is -0.124. The first-order chi connectivity index (χ1) is 14.7. The third kappa shape index (κ3) is 3.20. The van der Waals surface area contributed by atoms with Crippen molar-refractivity contribution < 1.29 is 9.59 Å². The van der Waals surface area contributed by atoms with Crippen LogP contribution in [0.1, 0.15) is 24.0 Å². The lowest BCUT2D eigenvalue weighted by Crippen LogP contribution is -2.30. The van der Waals surface area contributed by atoms with Gasteiger partial charge in [0, 0.05) is 13.1 Å². The number of carbonyl (C=O) groups excluding carboxylic acids is 2. The molecule has 2 heterocycles. The van der Waals surface area contributed by atoms with Crippen LogP contribution in [0.25, 0.3) is 11.4 Å². The minimum Gasteiger partial charge on any atom is -0.307 e. The van der Waals surface area contributed by atoms with Crippen molar-refractivity contribution in [2.24, 2.45) is 0 Å². The molecule has 30 heavy (non-hydrogen) atoms. The molecule has 0 saturated carbocycles. The third-order valence-corrected chi connectivity index (χ3v) is 5.39. The summed E-state index contributed by atoms with van der Waals surface area (Å²) in [5.41, 5.74) is 4.11. The van der Waals surface area contributed by atoms with Crippen molar-refractivity contribution in [3.63, 3.8) is 0 Å². The van der Waals surface area contributed by atoms with Crippen molar-refractivity contribution in [2.75, 3.05) is 13.1 Å². The molecular weight excluding hydrogens is 372 g/mol. The molecule has 2 aromatic carbocycles. The summed E-state index contributed by atoms with van der Waals surface area (Å²) in [4.78, 5) is 30.7. The molecule has 2 aliphatic heterocycles. The van der Waals surface area contributed by atoms with Crippen LogP contribution in [0, 0.1) is 0 Å². The molecular formula is C26H24N2O2. The second-order valence-electron chi connectivity index (χ2n) is 7.25. The Hall–Kier alpha value is -3.66. The predicted octanol–water partition coefficient (Wildman–Crippen LogP) is 4.65. The van der Waals surface area contributed by atoms with Crippen molar-refractivity contribution in [1.82, 2.24) is 9.80 Å². The van der Waals surface area contributed by atoms with Crippen molar-refractivity contribution in [3.05, 3.63) is 108 Å². The van der Waals surface area contributed by atoms with Crippen LogP contribution in [0.4, 0.5) is 0 Å². The fourth-order valence-corrected chi connectivity index (χ4v) is 4.06. The quantitative estimate of drug-likeness (QED) is 0.610. The Bertz CT molecular complexity index is 977. The number of fused-ring (bicyclic) bond motifs is 1. The van der Waals surface area contributed by atoms with E-state index in [-0.39, 0.29) is 11.8 Å². The number of amides is 2. The molecule has 0 unspecified atom stereocenters. The molecule has 4 heteroatoms. The minimum atomic E-state index is -0.126. The Morgan fingerprint density at radius 3 is 1.33 bits per heavy atom. The van der Waals surface area contributed by atoms with Crippen molar-refractivity contribution in [3.8, 4) is 0 Å². The molecule has 4 rings (SSSR count). The monoisotopic (exact) mass is 396 g/mol. The molecule has 150 valence electrons. The van der Waals surface area contributed by atoms with E-state index in [1.54, 1.807) is 22.0 Å². The van der Waals surface area contributed by atoms with Gasteiger partial charge in [-0.15, -0.1) is 13.2 Å². The number of nitrogens with zero attached hydrogens (tertiary/aromatic N) is 2. The first kappa shape index (κ1) is 19.6. The molecule has 2 amide bonds. The van der Waals surface area contributed by atoms with Gasteiger partial charge in [0.05, 0.1) is 22.5 Å². The number of hydrogen-bond donors (Lipinski definition) is 0. The van der Waals surface area contributed by atoms with E-state index in [9.17, 15) is 9.59 Å². The van der Waals surface area contributed by atoms with E-state index in [1.807, 2.05) is 60.7 Å². The third-order valence-electron chi connectivity index (χ3n) is 5.39. The fourth-order valence-electron chi connectivity index (χ4n) is 4.06. The maximum absolute atomic E-state index is 13.6. The highest BCUT2D eigenvalue weighted by Gasteiger charge is 2.48. The summed E-state index contributed by atoms with van der Waals surface area (Å²) in [6, 6.07) is 19.3. The van der Waals surface area contributed by atoms with Gasteiger partial charge in [-0.3, -0.25) is 9.59 Å². The number of hydrogen-bond acceptors (Lipinski definition) is 2. The van der Waals surface area contributed by atoms with Crippen molar-refractivity contribution in [2.45, 2.75) is 12.8 Å². The van der Waals surface area contributed by atoms with Crippen LogP contribution in [-0.4, -0.2) is 34.7 Å². The maximum atomic E-state index is 13.6. The van der Waals surface area contributed by atoms with Crippen LogP contribution in [0.3, 0.4) is 0 Å². The van der Waals surface area contributed by atoms with E-state index in [0.29, 0.717) is 48.5 Å². The Morgan fingerprint density at radius 1 is 0.633 bits per heavy atom. The van der Waals surface area contributed by atoms with E-state index in [1.165, 1.54) is 0 Å². The molecule has 0 bridgehead atoms. The first-order valence-electron chi connectivity index (χ1n) is 10.1. The van der Waals surface area contributed by atoms with Gasteiger partial charge in [0.1, 0.15) is 0 Å². The van der Waals surface area contributed by atoms with Gasteiger partial charge in [0.25, 0.3) is 11.8 Å². The van der Waals surface area contributed by atoms with Gasteiger partial charge in [-0.2, -0.15) is 0 Å². The molecule has 0 spiro atoms. The fraction of sp³-hybridized carbons (Fsp3) is 0.154. The van der Waals surface area contributed by atoms with Gasteiger partial charge >= 0.3 is 0 Å². The van der Waals surface area contributed by atoms with Gasteiger partial charge in [-0.1, -0.05) is 72.8 Å². The number of carbonyl (C=O) groups is 2. The van der Waals surface area contributed by atoms with E-state index in [0.717, 1.165) is 11.1 Å². The van der Waals surface area contributed by atoms with Gasteiger partial charge in [0.2, 0.25) is 0 Å². The normalized spacial score (nSPS) is 15.9. The summed E-state index contributed by atoms with van der Waals surface area (Å²) in [6.07, 6.45) is 4.88. The average molecular weight is 396 g/mol. The van der Waals surface area contributed by atoms with E-state index < -0.39 is 0 Å². The molecule has 0 saturated heterocycles. The molecule has 2 aromatic rings. The number of benzene rings is 2. The Labute approximate surface area is 177 Å². The van der Waals surface area contributed by atoms with Gasteiger partial charge in [-0.25, -0.2) is 0 Å². The SMILES string of the molecule is C=CCCN1C(=O)C2=C(c3ccccc3)N(CCC=C)C(=O)C2=C1c1ccccc1. The van der Waals surface area contributed by atoms with Gasteiger partial charge in [-0.05, 0) is 24.0 Å². The van der Waals surface area contributed by atoms with Gasteiger partial charge < -0.3 is 9.80 Å². The Balaban J connectivity index is 1.96. The molecule has 0 N–H and O–H groups in total. The number of rotatable bonds is 8. The lowest BCUT2D eigenvalue weighted by atomic mass is 10.0. The highest BCUT2D eigenvalue weighted by molar-refractivity contribution is 6.30. The lowest BCUT2D eigenvalue weighted by Gasteiger charge is -2.25. The van der Waals surface area contributed by atoms with E-state index in [4.69, 9.17) is 0 Å². The molecule has 2 aliphatic rings. The molecule has 0 fully saturated rings. The second kappa shape index (κ2) is 8.37. The van der Waals surface area contributed by atoms with Crippen LogP contribution in [-0.2, 0) is 9.59 Å². The molecule has 4 nitrogen and oxygen atoms in total. The van der Waals surface area contributed by atoms with Crippen molar-refractivity contribution in [1.29, 1.82) is 0 Å². The maximum Gasteiger partial charge on any atom is 0.261 e. The van der Waals surface area contributed by atoms with Crippen LogP contribution >= 0.6 is 0 Å². The van der Waals surface area contributed by atoms with Crippen LogP contribution < -0.4 is 0 Å². The van der Waals surface area contributed by atoms with Crippen molar-refractivity contribution >= 4 is 23.2 Å². The summed E-state index contributed by atoms with van der Waals surface area (Å²) in [6.45, 7) is 8.55. The smallest absolute Gasteiger partial charge is 0.261 e. The van der Waals surface area contributed by atoms with E-state index >= 15 is 0 Å². The minimum absolute atomic E-state index is 0.126. The van der Waals surface area contributed by atoms with E-state index in [2.05, 4.69) is 13.2 Å². The largest absolute Gasteiger partial charge is 0.307 e. The highest BCUT2D eigenvalue weighted by Crippen LogP contribution is 2.46. The molecule has 0 aromatic heterocycles. The zero-order valence-corrected chi connectivity index (χ0v) is 16.9. The average Bonchev–Trinajstić information content (AvgIpc) is 3.23. The second-order valence-corrected chi connectivity index (χ2v) is 7.25. The topological polar surface area (TPSA) is 40.6 Å². The first-order valence-corrected chi connectivity index (χ1v) is 10.1. The summed E-state index contributed by atoms with van der Waals surface area (Å²) in [5.74, 6) is -0.252. The summed E-state index contributed by atoms with van der Waals surface area (Å²) in [5, 5.41) is 0. The zero-order valence-electron chi connectivity index (χ0n) is 16.9.